The fourth-order valence-corrected chi connectivity index (χ4v) is 4.84. The minimum atomic E-state index is -3.99. The molecule has 1 aliphatic heterocycles. The molecule has 0 atom stereocenters. The van der Waals surface area contributed by atoms with Gasteiger partial charge in [-0.2, -0.15) is 10.1 Å². The lowest BCUT2D eigenvalue weighted by Crippen LogP contribution is -2.35. The molecule has 0 bridgehead atoms. The number of methoxy groups -OCH3 is 1. The zero-order chi connectivity index (χ0) is 25.0. The van der Waals surface area contributed by atoms with E-state index in [1.807, 2.05) is 0 Å². The molecule has 1 saturated heterocycles. The molecule has 0 aromatic carbocycles. The third kappa shape index (κ3) is 6.21. The Morgan fingerprint density at radius 3 is 2.71 bits per heavy atom. The Kier molecular flexibility index (Phi) is 7.44. The summed E-state index contributed by atoms with van der Waals surface area (Å²) in [6.45, 7) is 1.05. The minimum Gasteiger partial charge on any atom is -0.480 e. The normalized spacial score (nSPS) is 14.8. The summed E-state index contributed by atoms with van der Waals surface area (Å²) in [5.41, 5.74) is -0.495. The highest BCUT2D eigenvalue weighted by Crippen LogP contribution is 2.38. The SMILES string of the molecule is COc1nc(N2CCC(CCP(=O)(O)O)CC2)cc2cnn(CC(=O)Nc3ccccn3)c(=O)c12. The molecule has 35 heavy (non-hydrogen) atoms. The Bertz CT molecular complexity index is 1300. The topological polar surface area (TPSA) is 160 Å². The van der Waals surface area contributed by atoms with Gasteiger partial charge in [-0.15, -0.1) is 0 Å². The molecule has 0 unspecified atom stereocenters. The molecule has 3 aromatic rings. The summed E-state index contributed by atoms with van der Waals surface area (Å²) in [5.74, 6) is 0.956. The second kappa shape index (κ2) is 10.5. The first kappa shape index (κ1) is 24.8. The number of aromatic nitrogens is 4. The molecule has 13 heteroatoms. The van der Waals surface area contributed by atoms with E-state index >= 15 is 0 Å². The molecule has 186 valence electrons. The summed E-state index contributed by atoms with van der Waals surface area (Å²) in [6.07, 6.45) is 5.02. The molecule has 1 aliphatic rings. The number of rotatable bonds is 8. The van der Waals surface area contributed by atoms with Gasteiger partial charge < -0.3 is 24.7 Å². The van der Waals surface area contributed by atoms with Gasteiger partial charge in [0.05, 0.1) is 19.5 Å². The van der Waals surface area contributed by atoms with E-state index in [2.05, 4.69) is 25.3 Å². The largest absolute Gasteiger partial charge is 0.480 e. The summed E-state index contributed by atoms with van der Waals surface area (Å²) in [5, 5.41) is 7.55. The summed E-state index contributed by atoms with van der Waals surface area (Å²) in [4.78, 5) is 54.3. The van der Waals surface area contributed by atoms with Gasteiger partial charge in [0, 0.05) is 24.7 Å². The lowest BCUT2D eigenvalue weighted by molar-refractivity contribution is -0.117. The summed E-state index contributed by atoms with van der Waals surface area (Å²) < 4.78 is 17.6. The van der Waals surface area contributed by atoms with Gasteiger partial charge in [-0.1, -0.05) is 6.07 Å². The van der Waals surface area contributed by atoms with E-state index < -0.39 is 19.1 Å². The molecule has 3 N–H and O–H groups in total. The number of nitrogens with zero attached hydrogens (tertiary/aromatic N) is 5. The Morgan fingerprint density at radius 1 is 1.29 bits per heavy atom. The van der Waals surface area contributed by atoms with Crippen LogP contribution in [0.1, 0.15) is 19.3 Å². The Labute approximate surface area is 201 Å². The number of piperidine rings is 1. The lowest BCUT2D eigenvalue weighted by Gasteiger charge is -2.33. The van der Waals surface area contributed by atoms with Crippen LogP contribution >= 0.6 is 7.60 Å². The number of carbonyl (C=O) groups excluding carboxylic acids is 1. The van der Waals surface area contributed by atoms with Crippen LogP contribution in [-0.2, 0) is 15.9 Å². The summed E-state index contributed by atoms with van der Waals surface area (Å²) in [6, 6.07) is 6.87. The van der Waals surface area contributed by atoms with Gasteiger partial charge in [0.1, 0.15) is 23.6 Å². The van der Waals surface area contributed by atoms with E-state index in [4.69, 9.17) is 14.5 Å². The molecule has 0 aliphatic carbocycles. The smallest absolute Gasteiger partial charge is 0.325 e. The first-order chi connectivity index (χ1) is 16.7. The molecule has 12 nitrogen and oxygen atoms in total. The highest BCUT2D eigenvalue weighted by Gasteiger charge is 2.24. The van der Waals surface area contributed by atoms with Crippen molar-refractivity contribution < 1.29 is 23.9 Å². The maximum Gasteiger partial charge on any atom is 0.325 e. The van der Waals surface area contributed by atoms with Crippen LogP contribution in [0.15, 0.2) is 41.5 Å². The van der Waals surface area contributed by atoms with Crippen molar-refractivity contribution in [1.82, 2.24) is 19.7 Å². The van der Waals surface area contributed by atoms with Crippen molar-refractivity contribution in [2.75, 3.05) is 36.6 Å². The van der Waals surface area contributed by atoms with Gasteiger partial charge in [-0.05, 0) is 43.4 Å². The van der Waals surface area contributed by atoms with E-state index in [1.54, 1.807) is 30.5 Å². The number of amides is 1. The van der Waals surface area contributed by atoms with Gasteiger partial charge in [0.2, 0.25) is 11.8 Å². The number of anilines is 2. The Balaban J connectivity index is 1.50. The minimum absolute atomic E-state index is 0.0997. The van der Waals surface area contributed by atoms with Crippen molar-refractivity contribution in [3.05, 3.63) is 47.0 Å². The molecule has 3 aromatic heterocycles. The lowest BCUT2D eigenvalue weighted by atomic mass is 9.94. The van der Waals surface area contributed by atoms with Gasteiger partial charge in [-0.25, -0.2) is 9.67 Å². The number of carbonyl (C=O) groups is 1. The van der Waals surface area contributed by atoms with Crippen LogP contribution in [0.5, 0.6) is 5.88 Å². The van der Waals surface area contributed by atoms with Crippen LogP contribution in [0.3, 0.4) is 0 Å². The van der Waals surface area contributed by atoms with Crippen LogP contribution in [0, 0.1) is 5.92 Å². The standard InChI is InChI=1S/C22H27N6O6P/c1-34-21-20-16(12-18(26-21)27-9-5-15(6-10-27)7-11-35(31,32)33)13-24-28(22(20)30)14-19(29)25-17-4-2-3-8-23-17/h2-4,8,12-13,15H,5-7,9-11,14H2,1H3,(H,23,25,29)(H2,31,32,33). The summed E-state index contributed by atoms with van der Waals surface area (Å²) in [7, 11) is -2.56. The molecule has 0 spiro atoms. The van der Waals surface area contributed by atoms with E-state index in [0.29, 0.717) is 36.5 Å². The molecule has 0 saturated carbocycles. The zero-order valence-corrected chi connectivity index (χ0v) is 20.1. The van der Waals surface area contributed by atoms with Gasteiger partial charge in [0.15, 0.2) is 0 Å². The Morgan fingerprint density at radius 2 is 2.06 bits per heavy atom. The second-order valence-electron chi connectivity index (χ2n) is 8.43. The van der Waals surface area contributed by atoms with Crippen molar-refractivity contribution in [2.45, 2.75) is 25.8 Å². The van der Waals surface area contributed by atoms with Crippen LogP contribution in [0.2, 0.25) is 0 Å². The fourth-order valence-electron chi connectivity index (χ4n) is 4.14. The van der Waals surface area contributed by atoms with Crippen LogP contribution < -0.4 is 20.5 Å². The number of nitrogens with one attached hydrogen (secondary N) is 1. The summed E-state index contributed by atoms with van der Waals surface area (Å²) >= 11 is 0. The van der Waals surface area contributed by atoms with Crippen molar-refractivity contribution in [1.29, 1.82) is 0 Å². The average Bonchev–Trinajstić information content (AvgIpc) is 2.84. The zero-order valence-electron chi connectivity index (χ0n) is 19.2. The molecular weight excluding hydrogens is 475 g/mol. The number of ether oxygens (including phenoxy) is 1. The van der Waals surface area contributed by atoms with Crippen molar-refractivity contribution >= 4 is 35.9 Å². The van der Waals surface area contributed by atoms with Crippen molar-refractivity contribution in [2.24, 2.45) is 5.92 Å². The van der Waals surface area contributed by atoms with E-state index in [0.717, 1.165) is 17.5 Å². The predicted molar refractivity (Wildman–Crippen MR) is 130 cm³/mol. The van der Waals surface area contributed by atoms with Crippen LogP contribution in [-0.4, -0.2) is 61.8 Å². The number of pyridine rings is 2. The predicted octanol–water partition coefficient (Wildman–Crippen LogP) is 1.62. The van der Waals surface area contributed by atoms with Gasteiger partial charge >= 0.3 is 7.60 Å². The molecule has 4 rings (SSSR count). The molecule has 1 amide bonds. The van der Waals surface area contributed by atoms with Crippen LogP contribution in [0.25, 0.3) is 10.8 Å². The Hall–Kier alpha value is -3.34. The van der Waals surface area contributed by atoms with Crippen molar-refractivity contribution in [3.8, 4) is 5.88 Å². The van der Waals surface area contributed by atoms with E-state index in [1.165, 1.54) is 13.3 Å². The molecule has 4 heterocycles. The first-order valence-corrected chi connectivity index (χ1v) is 13.0. The monoisotopic (exact) mass is 502 g/mol. The van der Waals surface area contributed by atoms with E-state index in [-0.39, 0.29) is 29.9 Å². The quantitative estimate of drug-likeness (QED) is 0.386. The third-order valence-corrected chi connectivity index (χ3v) is 6.81. The maximum atomic E-state index is 13.1. The number of hydrogen-bond acceptors (Lipinski definition) is 8. The van der Waals surface area contributed by atoms with Crippen LogP contribution in [0.4, 0.5) is 11.6 Å². The number of hydrogen-bond donors (Lipinski definition) is 3. The highest BCUT2D eigenvalue weighted by atomic mass is 31.2. The van der Waals surface area contributed by atoms with E-state index in [9.17, 15) is 14.2 Å². The molecular formula is C22H27N6O6P. The van der Waals surface area contributed by atoms with Crippen molar-refractivity contribution in [3.63, 3.8) is 0 Å². The first-order valence-electron chi connectivity index (χ1n) is 11.2. The van der Waals surface area contributed by atoms with Gasteiger partial charge in [0.25, 0.3) is 5.56 Å². The average molecular weight is 502 g/mol. The van der Waals surface area contributed by atoms with Gasteiger partial charge in [-0.3, -0.25) is 14.2 Å². The maximum absolute atomic E-state index is 13.1. The number of fused-ring (bicyclic) bond motifs is 1. The second-order valence-corrected chi connectivity index (χ2v) is 10.2. The molecule has 1 fully saturated rings. The molecule has 0 radical (unpaired) electrons. The fraction of sp³-hybridized carbons (Fsp3) is 0.409. The highest BCUT2D eigenvalue weighted by molar-refractivity contribution is 7.51. The third-order valence-electron chi connectivity index (χ3n) is 5.97.